The summed E-state index contributed by atoms with van der Waals surface area (Å²) in [5, 5.41) is 3.29. The van der Waals surface area contributed by atoms with Gasteiger partial charge >= 0.3 is 0 Å². The summed E-state index contributed by atoms with van der Waals surface area (Å²) in [4.78, 5) is 11.9. The Bertz CT molecular complexity index is 694. The zero-order chi connectivity index (χ0) is 17.7. The molecule has 1 aliphatic heterocycles. The molecule has 0 saturated carbocycles. The standard InChI is InChI=1S/C16H24ClN3O3S/c1-12-10-13(17)5-6-15(12)24(22,23)20-9-3-2-4-14(20)11-19-16(21)7-8-18/h5-6,10,14H,2-4,7-9,11,18H2,1H3,(H,19,21). The maximum absolute atomic E-state index is 13.1. The Morgan fingerprint density at radius 2 is 2.17 bits per heavy atom. The van der Waals surface area contributed by atoms with Gasteiger partial charge in [0.1, 0.15) is 0 Å². The van der Waals surface area contributed by atoms with Gasteiger partial charge in [0.15, 0.2) is 0 Å². The van der Waals surface area contributed by atoms with Crippen LogP contribution in [0.25, 0.3) is 0 Å². The Balaban J connectivity index is 2.20. The van der Waals surface area contributed by atoms with Crippen LogP contribution in [-0.2, 0) is 14.8 Å². The second-order valence-corrected chi connectivity index (χ2v) is 8.31. The Morgan fingerprint density at radius 1 is 1.42 bits per heavy atom. The van der Waals surface area contributed by atoms with Crippen LogP contribution in [0.15, 0.2) is 23.1 Å². The van der Waals surface area contributed by atoms with Crippen molar-refractivity contribution in [3.8, 4) is 0 Å². The van der Waals surface area contributed by atoms with Gasteiger partial charge in [-0.25, -0.2) is 8.42 Å². The normalized spacial score (nSPS) is 19.2. The van der Waals surface area contributed by atoms with Gasteiger partial charge in [-0.3, -0.25) is 4.79 Å². The molecule has 0 aliphatic carbocycles. The quantitative estimate of drug-likeness (QED) is 0.793. The molecular weight excluding hydrogens is 350 g/mol. The van der Waals surface area contributed by atoms with Crippen LogP contribution in [0, 0.1) is 6.92 Å². The van der Waals surface area contributed by atoms with Crippen molar-refractivity contribution in [2.45, 2.75) is 43.5 Å². The molecule has 6 nitrogen and oxygen atoms in total. The number of carbonyl (C=O) groups excluding carboxylic acids is 1. The third-order valence-corrected chi connectivity index (χ3v) is 6.55. The molecule has 3 N–H and O–H groups in total. The average molecular weight is 374 g/mol. The molecule has 8 heteroatoms. The molecule has 1 aromatic carbocycles. The first-order chi connectivity index (χ1) is 11.4. The SMILES string of the molecule is Cc1cc(Cl)ccc1S(=O)(=O)N1CCCCC1CNC(=O)CCN. The molecular formula is C16H24ClN3O3S. The van der Waals surface area contributed by atoms with Crippen molar-refractivity contribution < 1.29 is 13.2 Å². The zero-order valence-electron chi connectivity index (χ0n) is 13.8. The van der Waals surface area contributed by atoms with Crippen molar-refractivity contribution in [1.82, 2.24) is 9.62 Å². The van der Waals surface area contributed by atoms with Gasteiger partial charge in [-0.05, 0) is 43.5 Å². The van der Waals surface area contributed by atoms with E-state index >= 15 is 0 Å². The van der Waals surface area contributed by atoms with E-state index in [4.69, 9.17) is 17.3 Å². The number of carbonyl (C=O) groups is 1. The van der Waals surface area contributed by atoms with Crippen molar-refractivity contribution >= 4 is 27.5 Å². The van der Waals surface area contributed by atoms with E-state index in [1.165, 1.54) is 4.31 Å². The molecule has 1 atom stereocenters. The minimum absolute atomic E-state index is 0.150. The molecule has 0 spiro atoms. The molecule has 0 aromatic heterocycles. The summed E-state index contributed by atoms with van der Waals surface area (Å²) in [7, 11) is -3.62. The monoisotopic (exact) mass is 373 g/mol. The predicted octanol–water partition coefficient (Wildman–Crippen LogP) is 1.66. The fraction of sp³-hybridized carbons (Fsp3) is 0.562. The van der Waals surface area contributed by atoms with E-state index in [0.29, 0.717) is 23.7 Å². The minimum Gasteiger partial charge on any atom is -0.354 e. The first-order valence-corrected chi connectivity index (χ1v) is 9.93. The summed E-state index contributed by atoms with van der Waals surface area (Å²) in [6.07, 6.45) is 2.74. The number of nitrogens with zero attached hydrogens (tertiary/aromatic N) is 1. The van der Waals surface area contributed by atoms with Crippen LogP contribution in [0.4, 0.5) is 0 Å². The van der Waals surface area contributed by atoms with Gasteiger partial charge in [0, 0.05) is 37.1 Å². The van der Waals surface area contributed by atoms with Crippen LogP contribution in [0.3, 0.4) is 0 Å². The number of amides is 1. The number of benzene rings is 1. The molecule has 24 heavy (non-hydrogen) atoms. The number of piperidine rings is 1. The molecule has 1 aromatic rings. The largest absolute Gasteiger partial charge is 0.354 e. The smallest absolute Gasteiger partial charge is 0.243 e. The lowest BCUT2D eigenvalue weighted by Crippen LogP contribution is -2.49. The Kier molecular flexibility index (Phi) is 6.62. The minimum atomic E-state index is -3.62. The molecule has 1 fully saturated rings. The first-order valence-electron chi connectivity index (χ1n) is 8.11. The van der Waals surface area contributed by atoms with Crippen LogP contribution in [0.5, 0.6) is 0 Å². The summed E-state index contributed by atoms with van der Waals surface area (Å²) < 4.78 is 27.6. The molecule has 1 amide bonds. The number of nitrogens with two attached hydrogens (primary N) is 1. The van der Waals surface area contributed by atoms with E-state index in [1.54, 1.807) is 25.1 Å². The Hall–Kier alpha value is -1.15. The van der Waals surface area contributed by atoms with Crippen molar-refractivity contribution in [2.24, 2.45) is 5.73 Å². The number of rotatable bonds is 6. The van der Waals surface area contributed by atoms with Gasteiger partial charge in [-0.2, -0.15) is 4.31 Å². The highest BCUT2D eigenvalue weighted by Gasteiger charge is 2.34. The van der Waals surface area contributed by atoms with Gasteiger partial charge in [0.25, 0.3) is 0 Å². The lowest BCUT2D eigenvalue weighted by Gasteiger charge is -2.35. The van der Waals surface area contributed by atoms with Crippen LogP contribution in [0.1, 0.15) is 31.2 Å². The number of sulfonamides is 1. The van der Waals surface area contributed by atoms with E-state index in [1.807, 2.05) is 0 Å². The van der Waals surface area contributed by atoms with E-state index in [2.05, 4.69) is 5.32 Å². The van der Waals surface area contributed by atoms with Gasteiger partial charge in [-0.1, -0.05) is 18.0 Å². The zero-order valence-corrected chi connectivity index (χ0v) is 15.4. The molecule has 1 saturated heterocycles. The Labute approximate surface area is 148 Å². The van der Waals surface area contributed by atoms with Crippen molar-refractivity contribution in [2.75, 3.05) is 19.6 Å². The van der Waals surface area contributed by atoms with Gasteiger partial charge in [-0.15, -0.1) is 0 Å². The van der Waals surface area contributed by atoms with Crippen LogP contribution in [-0.4, -0.2) is 44.3 Å². The van der Waals surface area contributed by atoms with E-state index < -0.39 is 10.0 Å². The fourth-order valence-electron chi connectivity index (χ4n) is 2.97. The summed E-state index contributed by atoms with van der Waals surface area (Å²) in [5.41, 5.74) is 5.99. The summed E-state index contributed by atoms with van der Waals surface area (Å²) in [6.45, 7) is 2.79. The first kappa shape index (κ1) is 19.2. The van der Waals surface area contributed by atoms with Gasteiger partial charge in [0.05, 0.1) is 4.90 Å². The second kappa shape index (κ2) is 8.29. The van der Waals surface area contributed by atoms with Crippen molar-refractivity contribution in [1.29, 1.82) is 0 Å². The number of nitrogens with one attached hydrogen (secondary N) is 1. The summed E-state index contributed by atoms with van der Waals surface area (Å²) in [5.74, 6) is -0.150. The lowest BCUT2D eigenvalue weighted by atomic mass is 10.1. The summed E-state index contributed by atoms with van der Waals surface area (Å²) in [6, 6.07) is 4.55. The number of hydrogen-bond donors (Lipinski definition) is 2. The highest BCUT2D eigenvalue weighted by Crippen LogP contribution is 2.28. The van der Waals surface area contributed by atoms with Gasteiger partial charge < -0.3 is 11.1 Å². The maximum Gasteiger partial charge on any atom is 0.243 e. The fourth-order valence-corrected chi connectivity index (χ4v) is 5.10. The van der Waals surface area contributed by atoms with Crippen LogP contribution in [0.2, 0.25) is 5.02 Å². The topological polar surface area (TPSA) is 92.5 Å². The number of hydrogen-bond acceptors (Lipinski definition) is 4. The van der Waals surface area contributed by atoms with E-state index in [0.717, 1.165) is 19.3 Å². The summed E-state index contributed by atoms with van der Waals surface area (Å²) >= 11 is 5.93. The number of aryl methyl sites for hydroxylation is 1. The van der Waals surface area contributed by atoms with E-state index in [-0.39, 0.29) is 29.8 Å². The third-order valence-electron chi connectivity index (χ3n) is 4.20. The average Bonchev–Trinajstić information content (AvgIpc) is 2.53. The molecule has 1 aliphatic rings. The van der Waals surface area contributed by atoms with E-state index in [9.17, 15) is 13.2 Å². The highest BCUT2D eigenvalue weighted by molar-refractivity contribution is 7.89. The third kappa shape index (κ3) is 4.47. The van der Waals surface area contributed by atoms with Crippen LogP contribution >= 0.6 is 11.6 Å². The molecule has 1 unspecified atom stereocenters. The molecule has 0 radical (unpaired) electrons. The highest BCUT2D eigenvalue weighted by atomic mass is 35.5. The van der Waals surface area contributed by atoms with Crippen molar-refractivity contribution in [3.05, 3.63) is 28.8 Å². The van der Waals surface area contributed by atoms with Gasteiger partial charge in [0.2, 0.25) is 15.9 Å². The maximum atomic E-state index is 13.1. The predicted molar refractivity (Wildman–Crippen MR) is 94.4 cm³/mol. The molecule has 1 heterocycles. The molecule has 0 bridgehead atoms. The molecule has 134 valence electrons. The van der Waals surface area contributed by atoms with Crippen molar-refractivity contribution in [3.63, 3.8) is 0 Å². The Morgan fingerprint density at radius 3 is 2.83 bits per heavy atom. The van der Waals surface area contributed by atoms with Crippen LogP contribution < -0.4 is 11.1 Å². The lowest BCUT2D eigenvalue weighted by molar-refractivity contribution is -0.121. The molecule has 2 rings (SSSR count). The second-order valence-electron chi connectivity index (χ2n) is 6.02. The number of halogens is 1.